The van der Waals surface area contributed by atoms with Crippen LogP contribution in [-0.2, 0) is 0 Å². The molecule has 132 valence electrons. The van der Waals surface area contributed by atoms with Gasteiger partial charge in [-0.25, -0.2) is 0 Å². The molecule has 5 heteroatoms. The zero-order chi connectivity index (χ0) is 17.6. The van der Waals surface area contributed by atoms with Gasteiger partial charge in [-0.05, 0) is 55.0 Å². The minimum Gasteiger partial charge on any atom is -0.491 e. The van der Waals surface area contributed by atoms with Crippen molar-refractivity contribution in [3.05, 3.63) is 59.7 Å². The number of Topliss-reactive ketones (excluding diaryl/α,β-unsaturated/α-hetero) is 1. The standard InChI is InChI=1S/C20H23NO3S/c1-14(22)15-6-8-17(9-7-15)24-13-16(23)12-21-19-10-11-25-20-5-3-2-4-18(19)20/h2-9,16,19,21,23H,10-13H2,1H3/t16-,19-/m0/s1. The largest absolute Gasteiger partial charge is 0.491 e. The summed E-state index contributed by atoms with van der Waals surface area (Å²) in [5, 5.41) is 13.6. The van der Waals surface area contributed by atoms with Crippen LogP contribution in [0.3, 0.4) is 0 Å². The molecule has 0 spiro atoms. The molecule has 0 aromatic heterocycles. The Hall–Kier alpha value is -1.82. The molecule has 0 aliphatic carbocycles. The lowest BCUT2D eigenvalue weighted by molar-refractivity contribution is 0.101. The van der Waals surface area contributed by atoms with Crippen LogP contribution >= 0.6 is 11.8 Å². The van der Waals surface area contributed by atoms with Crippen molar-refractivity contribution in [3.8, 4) is 5.75 Å². The number of aliphatic hydroxyl groups excluding tert-OH is 1. The minimum absolute atomic E-state index is 0.0294. The van der Waals surface area contributed by atoms with Gasteiger partial charge in [0.2, 0.25) is 0 Å². The van der Waals surface area contributed by atoms with Gasteiger partial charge in [-0.2, -0.15) is 0 Å². The van der Waals surface area contributed by atoms with E-state index in [-0.39, 0.29) is 18.4 Å². The molecule has 0 saturated carbocycles. The average molecular weight is 357 g/mol. The normalized spacial score (nSPS) is 17.6. The van der Waals surface area contributed by atoms with Gasteiger partial charge in [0, 0.05) is 23.0 Å². The summed E-state index contributed by atoms with van der Waals surface area (Å²) in [6, 6.07) is 15.7. The van der Waals surface area contributed by atoms with Crippen LogP contribution in [-0.4, -0.2) is 35.9 Å². The van der Waals surface area contributed by atoms with Crippen LogP contribution in [0.2, 0.25) is 0 Å². The number of benzene rings is 2. The molecule has 2 N–H and O–H groups in total. The van der Waals surface area contributed by atoms with E-state index in [2.05, 4.69) is 29.6 Å². The number of fused-ring (bicyclic) bond motifs is 1. The molecule has 3 rings (SSSR count). The third-order valence-corrected chi connectivity index (χ3v) is 5.38. The Morgan fingerprint density at radius 2 is 2.04 bits per heavy atom. The van der Waals surface area contributed by atoms with Crippen molar-refractivity contribution in [1.29, 1.82) is 0 Å². The van der Waals surface area contributed by atoms with Gasteiger partial charge >= 0.3 is 0 Å². The number of carbonyl (C=O) groups excluding carboxylic acids is 1. The third-order valence-electron chi connectivity index (χ3n) is 4.26. The summed E-state index contributed by atoms with van der Waals surface area (Å²) < 4.78 is 5.61. The van der Waals surface area contributed by atoms with E-state index in [1.165, 1.54) is 17.4 Å². The lowest BCUT2D eigenvalue weighted by Gasteiger charge is -2.27. The van der Waals surface area contributed by atoms with Gasteiger partial charge in [0.15, 0.2) is 5.78 Å². The molecular weight excluding hydrogens is 334 g/mol. The number of aliphatic hydroxyl groups is 1. The Morgan fingerprint density at radius 3 is 2.80 bits per heavy atom. The van der Waals surface area contributed by atoms with Gasteiger partial charge in [-0.3, -0.25) is 4.79 Å². The maximum Gasteiger partial charge on any atom is 0.159 e. The summed E-state index contributed by atoms with van der Waals surface area (Å²) in [6.07, 6.45) is 0.469. The topological polar surface area (TPSA) is 58.6 Å². The molecule has 4 nitrogen and oxygen atoms in total. The first-order chi connectivity index (χ1) is 12.1. The van der Waals surface area contributed by atoms with Gasteiger partial charge in [-0.15, -0.1) is 11.8 Å². The van der Waals surface area contributed by atoms with Crippen LogP contribution in [0.4, 0.5) is 0 Å². The quantitative estimate of drug-likeness (QED) is 0.743. The molecule has 0 bridgehead atoms. The van der Waals surface area contributed by atoms with Crippen molar-refractivity contribution in [1.82, 2.24) is 5.32 Å². The van der Waals surface area contributed by atoms with E-state index in [1.807, 2.05) is 11.8 Å². The zero-order valence-corrected chi connectivity index (χ0v) is 15.1. The Labute approximate surface area is 152 Å². The Morgan fingerprint density at radius 1 is 1.28 bits per heavy atom. The van der Waals surface area contributed by atoms with Crippen LogP contribution < -0.4 is 10.1 Å². The molecular formula is C20H23NO3S. The van der Waals surface area contributed by atoms with E-state index in [0.717, 1.165) is 12.2 Å². The number of thioether (sulfide) groups is 1. The highest BCUT2D eigenvalue weighted by molar-refractivity contribution is 7.99. The average Bonchev–Trinajstić information content (AvgIpc) is 2.65. The number of hydrogen-bond acceptors (Lipinski definition) is 5. The van der Waals surface area contributed by atoms with Crippen molar-refractivity contribution in [2.75, 3.05) is 18.9 Å². The van der Waals surface area contributed by atoms with Crippen molar-refractivity contribution in [2.45, 2.75) is 30.4 Å². The molecule has 1 aliphatic heterocycles. The Balaban J connectivity index is 1.47. The molecule has 0 unspecified atom stereocenters. The highest BCUT2D eigenvalue weighted by Gasteiger charge is 2.20. The van der Waals surface area contributed by atoms with E-state index < -0.39 is 6.10 Å². The van der Waals surface area contributed by atoms with E-state index in [4.69, 9.17) is 4.74 Å². The second-order valence-electron chi connectivity index (χ2n) is 6.18. The summed E-state index contributed by atoms with van der Waals surface area (Å²) in [5.41, 5.74) is 1.97. The summed E-state index contributed by atoms with van der Waals surface area (Å²) in [6.45, 7) is 2.23. The fraction of sp³-hybridized carbons (Fsp3) is 0.350. The Kier molecular flexibility index (Phi) is 6.13. The molecule has 0 saturated heterocycles. The minimum atomic E-state index is -0.589. The fourth-order valence-corrected chi connectivity index (χ4v) is 3.99. The first-order valence-electron chi connectivity index (χ1n) is 8.50. The number of ether oxygens (including phenoxy) is 1. The highest BCUT2D eigenvalue weighted by atomic mass is 32.2. The van der Waals surface area contributed by atoms with Crippen molar-refractivity contribution in [3.63, 3.8) is 0 Å². The van der Waals surface area contributed by atoms with E-state index in [9.17, 15) is 9.90 Å². The summed E-state index contributed by atoms with van der Waals surface area (Å²) in [4.78, 5) is 12.6. The number of ketones is 1. The molecule has 2 aromatic carbocycles. The molecule has 2 aromatic rings. The van der Waals surface area contributed by atoms with Crippen LogP contribution in [0.25, 0.3) is 0 Å². The number of carbonyl (C=O) groups is 1. The van der Waals surface area contributed by atoms with Gasteiger partial charge in [0.1, 0.15) is 18.5 Å². The van der Waals surface area contributed by atoms with E-state index in [0.29, 0.717) is 17.9 Å². The summed E-state index contributed by atoms with van der Waals surface area (Å²) in [7, 11) is 0. The lowest BCUT2D eigenvalue weighted by Crippen LogP contribution is -2.35. The molecule has 0 amide bonds. The predicted octanol–water partition coefficient (Wildman–Crippen LogP) is 3.46. The van der Waals surface area contributed by atoms with Crippen LogP contribution in [0.5, 0.6) is 5.75 Å². The smallest absolute Gasteiger partial charge is 0.159 e. The lowest BCUT2D eigenvalue weighted by atomic mass is 10.0. The first kappa shape index (κ1) is 18.0. The van der Waals surface area contributed by atoms with Crippen molar-refractivity contribution >= 4 is 17.5 Å². The van der Waals surface area contributed by atoms with Crippen LogP contribution in [0.15, 0.2) is 53.4 Å². The molecule has 2 atom stereocenters. The predicted molar refractivity (Wildman–Crippen MR) is 100 cm³/mol. The zero-order valence-electron chi connectivity index (χ0n) is 14.3. The monoisotopic (exact) mass is 357 g/mol. The maximum atomic E-state index is 11.3. The second kappa shape index (κ2) is 8.52. The molecule has 1 heterocycles. The van der Waals surface area contributed by atoms with Crippen LogP contribution in [0, 0.1) is 0 Å². The van der Waals surface area contributed by atoms with Crippen molar-refractivity contribution in [2.24, 2.45) is 0 Å². The molecule has 1 aliphatic rings. The van der Waals surface area contributed by atoms with Gasteiger partial charge in [0.05, 0.1) is 0 Å². The number of hydrogen-bond donors (Lipinski definition) is 2. The van der Waals surface area contributed by atoms with Gasteiger partial charge < -0.3 is 15.2 Å². The van der Waals surface area contributed by atoms with Crippen molar-refractivity contribution < 1.29 is 14.6 Å². The first-order valence-corrected chi connectivity index (χ1v) is 9.49. The second-order valence-corrected chi connectivity index (χ2v) is 7.32. The summed E-state index contributed by atoms with van der Waals surface area (Å²) in [5.74, 6) is 1.77. The van der Waals surface area contributed by atoms with E-state index in [1.54, 1.807) is 24.3 Å². The number of nitrogens with one attached hydrogen (secondary N) is 1. The fourth-order valence-electron chi connectivity index (χ4n) is 2.87. The molecule has 25 heavy (non-hydrogen) atoms. The highest BCUT2D eigenvalue weighted by Crippen LogP contribution is 2.35. The van der Waals surface area contributed by atoms with Crippen LogP contribution in [0.1, 0.15) is 35.3 Å². The van der Waals surface area contributed by atoms with Gasteiger partial charge in [0.25, 0.3) is 0 Å². The molecule has 0 fully saturated rings. The third kappa shape index (κ3) is 4.84. The van der Waals surface area contributed by atoms with E-state index >= 15 is 0 Å². The molecule has 0 radical (unpaired) electrons. The summed E-state index contributed by atoms with van der Waals surface area (Å²) >= 11 is 1.89. The SMILES string of the molecule is CC(=O)c1ccc(OC[C@@H](O)CN[C@H]2CCSc3ccccc32)cc1. The number of rotatable bonds is 7. The Bertz CT molecular complexity index is 717. The maximum absolute atomic E-state index is 11.3. The van der Waals surface area contributed by atoms with Gasteiger partial charge in [-0.1, -0.05) is 18.2 Å².